The Morgan fingerprint density at radius 1 is 1.10 bits per heavy atom. The van der Waals surface area contributed by atoms with Gasteiger partial charge in [0.25, 0.3) is 0 Å². The molecule has 0 radical (unpaired) electrons. The first-order valence-corrected chi connectivity index (χ1v) is 11.4. The SMILES string of the molecule is CCOc1ccccc1OC1CCN(CC(=O)Nc2ccccc2SCC(N)=O)CC1. The first kappa shape index (κ1) is 23.0. The number of thioether (sulfide) groups is 1. The van der Waals surface area contributed by atoms with Crippen LogP contribution in [0.1, 0.15) is 19.8 Å². The van der Waals surface area contributed by atoms with Crippen molar-refractivity contribution in [1.29, 1.82) is 0 Å². The maximum absolute atomic E-state index is 12.6. The monoisotopic (exact) mass is 443 g/mol. The normalized spacial score (nSPS) is 14.7. The number of piperidine rings is 1. The van der Waals surface area contributed by atoms with Crippen LogP contribution in [0.25, 0.3) is 0 Å². The Kier molecular flexibility index (Phi) is 8.61. The Labute approximate surface area is 187 Å². The van der Waals surface area contributed by atoms with Crippen molar-refractivity contribution in [1.82, 2.24) is 4.90 Å². The lowest BCUT2D eigenvalue weighted by molar-refractivity contribution is -0.118. The molecule has 2 aromatic carbocycles. The fourth-order valence-corrected chi connectivity index (χ4v) is 4.17. The van der Waals surface area contributed by atoms with E-state index in [4.69, 9.17) is 15.2 Å². The van der Waals surface area contributed by atoms with Crippen LogP contribution in [0.15, 0.2) is 53.4 Å². The van der Waals surface area contributed by atoms with Crippen LogP contribution in [0.2, 0.25) is 0 Å². The third kappa shape index (κ3) is 7.18. The number of nitrogens with two attached hydrogens (primary N) is 1. The van der Waals surface area contributed by atoms with E-state index >= 15 is 0 Å². The van der Waals surface area contributed by atoms with E-state index in [0.29, 0.717) is 18.8 Å². The number of carbonyl (C=O) groups excluding carboxylic acids is 2. The Bertz CT molecular complexity index is 885. The van der Waals surface area contributed by atoms with Gasteiger partial charge in [0.15, 0.2) is 11.5 Å². The summed E-state index contributed by atoms with van der Waals surface area (Å²) in [5, 5.41) is 2.95. The number of amides is 2. The number of nitrogens with one attached hydrogen (secondary N) is 1. The van der Waals surface area contributed by atoms with Gasteiger partial charge in [-0.1, -0.05) is 24.3 Å². The number of rotatable bonds is 10. The second-order valence-electron chi connectivity index (χ2n) is 7.27. The average molecular weight is 444 g/mol. The molecule has 166 valence electrons. The molecule has 1 aliphatic heterocycles. The first-order valence-electron chi connectivity index (χ1n) is 10.5. The lowest BCUT2D eigenvalue weighted by atomic mass is 10.1. The van der Waals surface area contributed by atoms with Gasteiger partial charge < -0.3 is 20.5 Å². The van der Waals surface area contributed by atoms with Gasteiger partial charge in [-0.3, -0.25) is 14.5 Å². The third-order valence-electron chi connectivity index (χ3n) is 4.88. The number of hydrogen-bond acceptors (Lipinski definition) is 6. The van der Waals surface area contributed by atoms with Gasteiger partial charge in [-0.2, -0.15) is 0 Å². The number of nitrogens with zero attached hydrogens (tertiary/aromatic N) is 1. The van der Waals surface area contributed by atoms with Crippen LogP contribution in [-0.2, 0) is 9.59 Å². The van der Waals surface area contributed by atoms with E-state index in [1.807, 2.05) is 55.5 Å². The van der Waals surface area contributed by atoms with E-state index in [1.54, 1.807) is 0 Å². The molecule has 31 heavy (non-hydrogen) atoms. The summed E-state index contributed by atoms with van der Waals surface area (Å²) in [6.07, 6.45) is 1.80. The van der Waals surface area contributed by atoms with Crippen LogP contribution in [-0.4, -0.2) is 54.8 Å². The topological polar surface area (TPSA) is 93.9 Å². The number of ether oxygens (including phenoxy) is 2. The minimum absolute atomic E-state index is 0.0758. The van der Waals surface area contributed by atoms with E-state index in [9.17, 15) is 9.59 Å². The summed E-state index contributed by atoms with van der Waals surface area (Å²) in [5.41, 5.74) is 5.93. The number of benzene rings is 2. The first-order chi connectivity index (χ1) is 15.0. The van der Waals surface area contributed by atoms with Crippen LogP contribution in [0.5, 0.6) is 11.5 Å². The average Bonchev–Trinajstić information content (AvgIpc) is 2.76. The van der Waals surface area contributed by atoms with Crippen molar-refractivity contribution in [2.45, 2.75) is 30.8 Å². The number of likely N-dealkylation sites (tertiary alicyclic amines) is 1. The van der Waals surface area contributed by atoms with Gasteiger partial charge in [0.1, 0.15) is 6.10 Å². The van der Waals surface area contributed by atoms with Gasteiger partial charge in [0.05, 0.1) is 24.6 Å². The van der Waals surface area contributed by atoms with Crippen molar-refractivity contribution in [3.63, 3.8) is 0 Å². The molecular formula is C23H29N3O4S. The molecule has 8 heteroatoms. The molecule has 3 N–H and O–H groups in total. The number of primary amides is 1. The highest BCUT2D eigenvalue weighted by molar-refractivity contribution is 8.00. The molecule has 1 fully saturated rings. The molecule has 2 aromatic rings. The second kappa shape index (κ2) is 11.6. The summed E-state index contributed by atoms with van der Waals surface area (Å²) in [7, 11) is 0. The Hall–Kier alpha value is -2.71. The predicted octanol–water partition coefficient (Wildman–Crippen LogP) is 3.14. The summed E-state index contributed by atoms with van der Waals surface area (Å²) in [6.45, 7) is 4.43. The second-order valence-corrected chi connectivity index (χ2v) is 8.29. The fourth-order valence-electron chi connectivity index (χ4n) is 3.42. The molecule has 2 amide bonds. The lowest BCUT2D eigenvalue weighted by Crippen LogP contribution is -2.42. The lowest BCUT2D eigenvalue weighted by Gasteiger charge is -2.32. The van der Waals surface area contributed by atoms with E-state index in [2.05, 4.69) is 10.2 Å². The largest absolute Gasteiger partial charge is 0.490 e. The van der Waals surface area contributed by atoms with Crippen molar-refractivity contribution in [3.8, 4) is 11.5 Å². The van der Waals surface area contributed by atoms with Crippen molar-refractivity contribution < 1.29 is 19.1 Å². The molecule has 0 bridgehead atoms. The molecule has 0 atom stereocenters. The molecule has 1 saturated heterocycles. The molecule has 1 heterocycles. The molecule has 0 unspecified atom stereocenters. The summed E-state index contributed by atoms with van der Waals surface area (Å²) in [4.78, 5) is 26.6. The molecular weight excluding hydrogens is 414 g/mol. The fraction of sp³-hybridized carbons (Fsp3) is 0.391. The minimum atomic E-state index is -0.389. The summed E-state index contributed by atoms with van der Waals surface area (Å²) >= 11 is 1.32. The highest BCUT2D eigenvalue weighted by Gasteiger charge is 2.23. The van der Waals surface area contributed by atoms with E-state index in [1.165, 1.54) is 11.8 Å². The standard InChI is InChI=1S/C23H29N3O4S/c1-2-29-19-8-4-5-9-20(19)30-17-11-13-26(14-12-17)15-23(28)25-18-7-3-6-10-21(18)31-16-22(24)27/h3-10,17H,2,11-16H2,1H3,(H2,24,27)(H,25,28). The van der Waals surface area contributed by atoms with Gasteiger partial charge in [-0.25, -0.2) is 0 Å². The van der Waals surface area contributed by atoms with Crippen molar-refractivity contribution in [2.75, 3.05) is 37.3 Å². The van der Waals surface area contributed by atoms with E-state index in [-0.39, 0.29) is 23.7 Å². The zero-order chi connectivity index (χ0) is 22.1. The van der Waals surface area contributed by atoms with E-state index in [0.717, 1.165) is 42.3 Å². The molecule has 3 rings (SSSR count). The van der Waals surface area contributed by atoms with Gasteiger partial charge >= 0.3 is 0 Å². The van der Waals surface area contributed by atoms with Crippen LogP contribution >= 0.6 is 11.8 Å². The highest BCUT2D eigenvalue weighted by Crippen LogP contribution is 2.30. The Balaban J connectivity index is 1.47. The number of carbonyl (C=O) groups is 2. The Morgan fingerprint density at radius 2 is 1.77 bits per heavy atom. The molecule has 0 aromatic heterocycles. The van der Waals surface area contributed by atoms with Gasteiger partial charge in [-0.15, -0.1) is 11.8 Å². The summed E-state index contributed by atoms with van der Waals surface area (Å²) in [5.74, 6) is 1.24. The number of anilines is 1. The summed E-state index contributed by atoms with van der Waals surface area (Å²) in [6, 6.07) is 15.1. The van der Waals surface area contributed by atoms with E-state index < -0.39 is 0 Å². The summed E-state index contributed by atoms with van der Waals surface area (Å²) < 4.78 is 11.8. The zero-order valence-corrected chi connectivity index (χ0v) is 18.5. The number of hydrogen-bond donors (Lipinski definition) is 2. The predicted molar refractivity (Wildman–Crippen MR) is 123 cm³/mol. The maximum Gasteiger partial charge on any atom is 0.238 e. The molecule has 0 saturated carbocycles. The van der Waals surface area contributed by atoms with Gasteiger partial charge in [0, 0.05) is 18.0 Å². The van der Waals surface area contributed by atoms with Crippen molar-refractivity contribution in [2.24, 2.45) is 5.73 Å². The highest BCUT2D eigenvalue weighted by atomic mass is 32.2. The molecule has 0 aliphatic carbocycles. The van der Waals surface area contributed by atoms with Gasteiger partial charge in [-0.05, 0) is 44.0 Å². The van der Waals surface area contributed by atoms with Crippen LogP contribution in [0.4, 0.5) is 5.69 Å². The van der Waals surface area contributed by atoms with Crippen molar-refractivity contribution in [3.05, 3.63) is 48.5 Å². The zero-order valence-electron chi connectivity index (χ0n) is 17.7. The van der Waals surface area contributed by atoms with Gasteiger partial charge in [0.2, 0.25) is 11.8 Å². The van der Waals surface area contributed by atoms with Crippen LogP contribution < -0.4 is 20.5 Å². The smallest absolute Gasteiger partial charge is 0.238 e. The molecule has 1 aliphatic rings. The van der Waals surface area contributed by atoms with Crippen molar-refractivity contribution >= 4 is 29.3 Å². The number of para-hydroxylation sites is 3. The van der Waals surface area contributed by atoms with Crippen LogP contribution in [0.3, 0.4) is 0 Å². The maximum atomic E-state index is 12.6. The minimum Gasteiger partial charge on any atom is -0.490 e. The quantitative estimate of drug-likeness (QED) is 0.548. The van der Waals surface area contributed by atoms with Crippen LogP contribution in [0, 0.1) is 0 Å². The molecule has 0 spiro atoms. The third-order valence-corrected chi connectivity index (χ3v) is 5.97. The molecule has 7 nitrogen and oxygen atoms in total. The Morgan fingerprint density at radius 3 is 2.48 bits per heavy atom.